The summed E-state index contributed by atoms with van der Waals surface area (Å²) < 4.78 is 5.47. The molecule has 3 N–H and O–H groups in total. The van der Waals surface area contributed by atoms with Gasteiger partial charge in [0.1, 0.15) is 0 Å². The summed E-state index contributed by atoms with van der Waals surface area (Å²) in [7, 11) is 0. The van der Waals surface area contributed by atoms with Crippen LogP contribution >= 0.6 is 0 Å². The Morgan fingerprint density at radius 3 is 1.09 bits per heavy atom. The molecular weight excluding hydrogens is 815 g/mol. The van der Waals surface area contributed by atoms with Crippen molar-refractivity contribution in [1.29, 1.82) is 0 Å². The Balaban J connectivity index is 3.40. The van der Waals surface area contributed by atoms with E-state index in [0.29, 0.717) is 19.4 Å². The number of esters is 1. The largest absolute Gasteiger partial charge is 0.466 e. The summed E-state index contributed by atoms with van der Waals surface area (Å²) in [5.41, 5.74) is 0. The van der Waals surface area contributed by atoms with E-state index >= 15 is 0 Å². The lowest BCUT2D eigenvalue weighted by Crippen LogP contribution is -2.45. The number of unbranched alkanes of at least 4 members (excludes halogenated alkanes) is 39. The van der Waals surface area contributed by atoms with Gasteiger partial charge in [0.25, 0.3) is 0 Å². The first-order valence-corrected chi connectivity index (χ1v) is 29.3. The van der Waals surface area contributed by atoms with Gasteiger partial charge in [0, 0.05) is 12.8 Å². The van der Waals surface area contributed by atoms with Crippen LogP contribution in [0.1, 0.15) is 309 Å². The van der Waals surface area contributed by atoms with Crippen molar-refractivity contribution in [1.82, 2.24) is 5.32 Å². The molecule has 0 heterocycles. The molecule has 0 aliphatic rings. The SMILES string of the molecule is CCCCCC/C=C\CCCCCCCC(=O)OCCCCCCCCCCCCCC/C=C\CCCCCCCCCCCC(=O)NC(CO)C(O)/C=C/CCCCCCCCCCC. The lowest BCUT2D eigenvalue weighted by Gasteiger charge is -2.20. The number of nitrogens with one attached hydrogen (secondary N) is 1. The van der Waals surface area contributed by atoms with Gasteiger partial charge in [0.15, 0.2) is 0 Å². The topological polar surface area (TPSA) is 95.9 Å². The molecule has 0 radical (unpaired) electrons. The summed E-state index contributed by atoms with van der Waals surface area (Å²) in [6, 6.07) is -0.629. The summed E-state index contributed by atoms with van der Waals surface area (Å²) >= 11 is 0. The first-order valence-electron chi connectivity index (χ1n) is 29.3. The Morgan fingerprint density at radius 1 is 0.409 bits per heavy atom. The minimum Gasteiger partial charge on any atom is -0.466 e. The Bertz CT molecular complexity index is 1070. The fraction of sp³-hybridized carbons (Fsp3) is 0.867. The molecule has 0 aromatic rings. The van der Waals surface area contributed by atoms with Crippen LogP contribution in [0.25, 0.3) is 0 Å². The second-order valence-corrected chi connectivity index (χ2v) is 20.0. The zero-order chi connectivity index (χ0) is 47.9. The van der Waals surface area contributed by atoms with Crippen LogP contribution in [0.2, 0.25) is 0 Å². The molecule has 0 aliphatic heterocycles. The number of rotatable bonds is 54. The van der Waals surface area contributed by atoms with Gasteiger partial charge in [-0.1, -0.05) is 249 Å². The Labute approximate surface area is 411 Å². The van der Waals surface area contributed by atoms with Gasteiger partial charge in [0.05, 0.1) is 25.4 Å². The molecule has 2 atom stereocenters. The van der Waals surface area contributed by atoms with Crippen LogP contribution in [0.5, 0.6) is 0 Å². The third-order valence-corrected chi connectivity index (χ3v) is 13.4. The highest BCUT2D eigenvalue weighted by molar-refractivity contribution is 5.76. The molecule has 0 rings (SSSR count). The molecule has 6 nitrogen and oxygen atoms in total. The van der Waals surface area contributed by atoms with E-state index in [-0.39, 0.29) is 18.5 Å². The normalized spacial score (nSPS) is 12.8. The molecule has 6 heteroatoms. The fourth-order valence-electron chi connectivity index (χ4n) is 8.86. The van der Waals surface area contributed by atoms with Crippen molar-refractivity contribution in [2.75, 3.05) is 13.2 Å². The number of carbonyl (C=O) groups is 2. The van der Waals surface area contributed by atoms with Crippen molar-refractivity contribution in [2.24, 2.45) is 0 Å². The molecule has 0 bridgehead atoms. The van der Waals surface area contributed by atoms with Crippen LogP contribution < -0.4 is 5.32 Å². The van der Waals surface area contributed by atoms with Gasteiger partial charge in [0.2, 0.25) is 5.91 Å². The lowest BCUT2D eigenvalue weighted by atomic mass is 10.0. The third-order valence-electron chi connectivity index (χ3n) is 13.4. The molecule has 2 unspecified atom stereocenters. The lowest BCUT2D eigenvalue weighted by molar-refractivity contribution is -0.143. The molecule has 0 aromatic heterocycles. The average Bonchev–Trinajstić information content (AvgIpc) is 3.32. The van der Waals surface area contributed by atoms with Crippen molar-refractivity contribution in [3.63, 3.8) is 0 Å². The number of hydrogen-bond acceptors (Lipinski definition) is 5. The monoisotopic (exact) mass is 928 g/mol. The predicted molar refractivity (Wildman–Crippen MR) is 287 cm³/mol. The molecule has 0 aliphatic carbocycles. The number of aliphatic hydroxyl groups excluding tert-OH is 2. The fourth-order valence-corrected chi connectivity index (χ4v) is 8.86. The van der Waals surface area contributed by atoms with Gasteiger partial charge >= 0.3 is 5.97 Å². The first kappa shape index (κ1) is 64.1. The van der Waals surface area contributed by atoms with Gasteiger partial charge in [-0.3, -0.25) is 9.59 Å². The second kappa shape index (κ2) is 55.7. The number of ether oxygens (including phenoxy) is 1. The zero-order valence-electron chi connectivity index (χ0n) is 44.2. The van der Waals surface area contributed by atoms with Gasteiger partial charge in [-0.2, -0.15) is 0 Å². The highest BCUT2D eigenvalue weighted by Gasteiger charge is 2.18. The number of amides is 1. The van der Waals surface area contributed by atoms with E-state index in [4.69, 9.17) is 4.74 Å². The van der Waals surface area contributed by atoms with Gasteiger partial charge in [-0.15, -0.1) is 0 Å². The molecule has 0 saturated carbocycles. The average molecular weight is 929 g/mol. The second-order valence-electron chi connectivity index (χ2n) is 20.0. The first-order chi connectivity index (χ1) is 32.5. The van der Waals surface area contributed by atoms with Crippen LogP contribution in [0.4, 0.5) is 0 Å². The maximum Gasteiger partial charge on any atom is 0.305 e. The smallest absolute Gasteiger partial charge is 0.305 e. The van der Waals surface area contributed by atoms with Crippen molar-refractivity contribution >= 4 is 11.9 Å². The predicted octanol–water partition coefficient (Wildman–Crippen LogP) is 18.0. The van der Waals surface area contributed by atoms with Gasteiger partial charge < -0.3 is 20.3 Å². The summed E-state index contributed by atoms with van der Waals surface area (Å²) in [6.45, 7) is 4.87. The molecule has 1 amide bonds. The molecule has 388 valence electrons. The van der Waals surface area contributed by atoms with E-state index in [1.165, 1.54) is 238 Å². The van der Waals surface area contributed by atoms with Crippen LogP contribution in [0.15, 0.2) is 36.5 Å². The van der Waals surface area contributed by atoms with Crippen LogP contribution in [-0.2, 0) is 14.3 Å². The molecule has 0 fully saturated rings. The zero-order valence-corrected chi connectivity index (χ0v) is 44.2. The molecule has 0 spiro atoms. The van der Waals surface area contributed by atoms with Crippen LogP contribution in [0.3, 0.4) is 0 Å². The van der Waals surface area contributed by atoms with Crippen molar-refractivity contribution in [3.8, 4) is 0 Å². The minimum absolute atomic E-state index is 0.00335. The van der Waals surface area contributed by atoms with Crippen molar-refractivity contribution < 1.29 is 24.5 Å². The molecule has 0 saturated heterocycles. The molecule has 66 heavy (non-hydrogen) atoms. The van der Waals surface area contributed by atoms with E-state index in [1.807, 2.05) is 6.08 Å². The van der Waals surface area contributed by atoms with Crippen LogP contribution in [-0.4, -0.2) is 47.4 Å². The maximum absolute atomic E-state index is 12.4. The number of carbonyl (C=O) groups excluding carboxylic acids is 2. The Kier molecular flexibility index (Phi) is 54.1. The molecule has 0 aromatic carbocycles. The minimum atomic E-state index is -0.845. The van der Waals surface area contributed by atoms with E-state index in [2.05, 4.69) is 43.5 Å². The Hall–Kier alpha value is -1.92. The summed E-state index contributed by atoms with van der Waals surface area (Å²) in [5, 5.41) is 23.0. The van der Waals surface area contributed by atoms with E-state index in [9.17, 15) is 19.8 Å². The van der Waals surface area contributed by atoms with Gasteiger partial charge in [-0.05, 0) is 83.5 Å². The highest BCUT2D eigenvalue weighted by atomic mass is 16.5. The molecular formula is C60H113NO5. The quantitative estimate of drug-likeness (QED) is 0.0321. The van der Waals surface area contributed by atoms with E-state index in [1.54, 1.807) is 6.08 Å². The number of aliphatic hydroxyl groups is 2. The van der Waals surface area contributed by atoms with Crippen molar-refractivity contribution in [2.45, 2.75) is 321 Å². The van der Waals surface area contributed by atoms with E-state index < -0.39 is 12.1 Å². The standard InChI is InChI=1S/C60H113NO5/c1-3-5-7-9-11-13-15-29-34-38-42-46-50-54-60(65)66-55-51-47-43-39-35-31-28-26-24-22-20-18-16-17-19-21-23-25-27-30-33-37-41-45-49-53-59(64)61-57(56-62)58(63)52-48-44-40-36-32-14-12-10-8-6-4-2/h13,15,17,19,48,52,57-58,62-63H,3-12,14,16,18,20-47,49-51,53-56H2,1-2H3,(H,61,64)/b15-13-,19-17-,52-48+. The van der Waals surface area contributed by atoms with E-state index in [0.717, 1.165) is 44.9 Å². The Morgan fingerprint density at radius 2 is 0.712 bits per heavy atom. The maximum atomic E-state index is 12.4. The number of allylic oxidation sites excluding steroid dienone is 5. The van der Waals surface area contributed by atoms with Gasteiger partial charge in [-0.25, -0.2) is 0 Å². The van der Waals surface area contributed by atoms with Crippen LogP contribution in [0, 0.1) is 0 Å². The summed E-state index contributed by atoms with van der Waals surface area (Å²) in [5.74, 6) is -0.0690. The number of hydrogen-bond donors (Lipinski definition) is 3. The third kappa shape index (κ3) is 51.5. The summed E-state index contributed by atoms with van der Waals surface area (Å²) in [6.07, 6.45) is 68.9. The van der Waals surface area contributed by atoms with Crippen molar-refractivity contribution in [3.05, 3.63) is 36.5 Å². The summed E-state index contributed by atoms with van der Waals surface area (Å²) in [4.78, 5) is 24.4. The highest BCUT2D eigenvalue weighted by Crippen LogP contribution is 2.16.